The van der Waals surface area contributed by atoms with E-state index in [1.54, 1.807) is 66.7 Å². The number of nitrogens with zero attached hydrogens (tertiary/aromatic N) is 1. The first-order valence-corrected chi connectivity index (χ1v) is 14.1. The van der Waals surface area contributed by atoms with E-state index in [-0.39, 0.29) is 11.1 Å². The summed E-state index contributed by atoms with van der Waals surface area (Å²) in [4.78, 5) is 52.1. The molecule has 0 saturated carbocycles. The Kier molecular flexibility index (Phi) is 8.98. The van der Waals surface area contributed by atoms with Gasteiger partial charge in [0, 0.05) is 11.8 Å². The van der Waals surface area contributed by atoms with Crippen LogP contribution in [0.2, 0.25) is 0 Å². The molecule has 0 bridgehead atoms. The minimum atomic E-state index is -2.97. The smallest absolute Gasteiger partial charge is 0.338 e. The second-order valence-corrected chi connectivity index (χ2v) is 11.0. The third-order valence-electron chi connectivity index (χ3n) is 7.07. The van der Waals surface area contributed by atoms with Crippen molar-refractivity contribution in [2.75, 3.05) is 6.61 Å². The molecule has 3 aromatic carbocycles. The molecule has 10 nitrogen and oxygen atoms in total. The van der Waals surface area contributed by atoms with Gasteiger partial charge in [-0.1, -0.05) is 65.2 Å². The number of alkyl halides is 2. The van der Waals surface area contributed by atoms with Crippen molar-refractivity contribution in [3.63, 3.8) is 0 Å². The van der Waals surface area contributed by atoms with E-state index in [2.05, 4.69) is 10.6 Å². The highest BCUT2D eigenvalue weighted by atomic mass is 35.5. The van der Waals surface area contributed by atoms with Crippen molar-refractivity contribution in [3.8, 4) is 0 Å². The van der Waals surface area contributed by atoms with Gasteiger partial charge in [0.1, 0.15) is 18.9 Å². The summed E-state index contributed by atoms with van der Waals surface area (Å²) in [6, 6.07) is 20.5. The van der Waals surface area contributed by atoms with Gasteiger partial charge in [-0.15, -0.1) is 0 Å². The minimum absolute atomic E-state index is 0.134. The summed E-state index contributed by atoms with van der Waals surface area (Å²) < 4.78 is 33.1. The monoisotopic (exact) mass is 621 g/mol. The number of halogens is 2. The molecule has 0 radical (unpaired) electrons. The Bertz CT molecular complexity index is 1560. The second-order valence-electron chi connectivity index (χ2n) is 10.4. The fourth-order valence-electron chi connectivity index (χ4n) is 4.64. The summed E-state index contributed by atoms with van der Waals surface area (Å²) in [5.74, 6) is -2.05. The maximum Gasteiger partial charge on any atom is 0.338 e. The van der Waals surface area contributed by atoms with E-state index in [0.29, 0.717) is 5.56 Å². The zero-order chi connectivity index (χ0) is 31.4. The third-order valence-corrected chi connectivity index (χ3v) is 7.47. The molecular weight excluding hydrogens is 593 g/mol. The Balaban J connectivity index is 1.34. The lowest BCUT2D eigenvalue weighted by atomic mass is 10.1. The van der Waals surface area contributed by atoms with Gasteiger partial charge in [0.15, 0.2) is 12.3 Å². The van der Waals surface area contributed by atoms with Crippen molar-refractivity contribution in [1.29, 1.82) is 0 Å². The van der Waals surface area contributed by atoms with Crippen LogP contribution in [0.4, 0.5) is 9.18 Å². The normalized spacial score (nSPS) is 24.4. The maximum absolute atomic E-state index is 16.4. The van der Waals surface area contributed by atoms with E-state index in [1.807, 2.05) is 13.8 Å². The predicted molar refractivity (Wildman–Crippen MR) is 157 cm³/mol. The predicted octanol–water partition coefficient (Wildman–Crippen LogP) is 4.61. The Labute approximate surface area is 257 Å². The van der Waals surface area contributed by atoms with Crippen LogP contribution in [0.3, 0.4) is 0 Å². The molecule has 5 unspecified atom stereocenters. The summed E-state index contributed by atoms with van der Waals surface area (Å²) in [5.41, 5.74) is 2.59. The molecule has 3 amide bonds. The Morgan fingerprint density at radius 1 is 0.932 bits per heavy atom. The molecule has 3 aromatic rings. The van der Waals surface area contributed by atoms with Crippen LogP contribution >= 0.6 is 11.6 Å². The van der Waals surface area contributed by atoms with Crippen LogP contribution in [0, 0.1) is 13.8 Å². The summed E-state index contributed by atoms with van der Waals surface area (Å²) in [5, 5.41) is 2.20. The highest BCUT2D eigenvalue weighted by molar-refractivity contribution is 6.24. The lowest BCUT2D eigenvalue weighted by molar-refractivity contribution is -0.0681. The van der Waals surface area contributed by atoms with Gasteiger partial charge in [-0.25, -0.2) is 18.8 Å². The number of carbonyl (C=O) groups excluding carboxylic acids is 4. The zero-order valence-corrected chi connectivity index (χ0v) is 24.5. The Morgan fingerprint density at radius 3 is 2.11 bits per heavy atom. The van der Waals surface area contributed by atoms with Gasteiger partial charge in [-0.2, -0.15) is 0 Å². The first-order chi connectivity index (χ1) is 21.0. The number of urea groups is 1. The van der Waals surface area contributed by atoms with E-state index >= 15 is 4.39 Å². The number of nitrogens with one attached hydrogen (secondary N) is 2. The van der Waals surface area contributed by atoms with Crippen molar-refractivity contribution in [2.45, 2.75) is 43.6 Å². The molecule has 1 saturated heterocycles. The molecule has 1 fully saturated rings. The Hall–Kier alpha value is -4.74. The number of hydrogen-bond acceptors (Lipinski definition) is 7. The van der Waals surface area contributed by atoms with Gasteiger partial charge in [-0.3, -0.25) is 9.69 Å². The highest BCUT2D eigenvalue weighted by Gasteiger charge is 2.62. The SMILES string of the molecule is Cc1ccc(C(=O)OCC2OC(N3C=CC(NC(=O)c4ccccc4)NC3=O)C(F)(Cl)C2OC(=O)c2ccc(C)cc2)cc1. The summed E-state index contributed by atoms with van der Waals surface area (Å²) in [6.45, 7) is 3.16. The third kappa shape index (κ3) is 6.74. The molecule has 0 aliphatic carbocycles. The van der Waals surface area contributed by atoms with E-state index in [4.69, 9.17) is 25.8 Å². The topological polar surface area (TPSA) is 123 Å². The molecule has 228 valence electrons. The molecule has 0 spiro atoms. The number of aryl methyl sites for hydroxylation is 2. The molecule has 2 aliphatic heterocycles. The minimum Gasteiger partial charge on any atom is -0.459 e. The van der Waals surface area contributed by atoms with Gasteiger partial charge in [-0.05, 0) is 56.3 Å². The van der Waals surface area contributed by atoms with Gasteiger partial charge < -0.3 is 24.8 Å². The summed E-state index contributed by atoms with van der Waals surface area (Å²) in [6.07, 6.45) is -3.29. The number of esters is 2. The summed E-state index contributed by atoms with van der Waals surface area (Å²) >= 11 is 6.37. The lowest BCUT2D eigenvalue weighted by Gasteiger charge is -2.34. The van der Waals surface area contributed by atoms with E-state index in [1.165, 1.54) is 24.4 Å². The number of amides is 3. The van der Waals surface area contributed by atoms with Crippen molar-refractivity contribution in [3.05, 3.63) is 119 Å². The number of ether oxygens (including phenoxy) is 3. The molecule has 2 aliphatic rings. The van der Waals surface area contributed by atoms with Crippen LogP contribution in [0.25, 0.3) is 0 Å². The zero-order valence-electron chi connectivity index (χ0n) is 23.7. The average Bonchev–Trinajstić information content (AvgIpc) is 3.25. The second kappa shape index (κ2) is 12.9. The molecule has 2 N–H and O–H groups in total. The van der Waals surface area contributed by atoms with Crippen molar-refractivity contribution < 1.29 is 37.8 Å². The fraction of sp³-hybridized carbons (Fsp3) is 0.250. The highest BCUT2D eigenvalue weighted by Crippen LogP contribution is 2.43. The van der Waals surface area contributed by atoms with Crippen LogP contribution in [0.15, 0.2) is 91.1 Å². The lowest BCUT2D eigenvalue weighted by Crippen LogP contribution is -2.58. The largest absolute Gasteiger partial charge is 0.459 e. The summed E-state index contributed by atoms with van der Waals surface area (Å²) in [7, 11) is 0. The molecule has 0 aromatic heterocycles. The van der Waals surface area contributed by atoms with Crippen LogP contribution < -0.4 is 10.6 Å². The number of hydrogen-bond donors (Lipinski definition) is 2. The van der Waals surface area contributed by atoms with E-state index < -0.39 is 60.2 Å². The number of rotatable bonds is 8. The standard InChI is InChI=1S/C32H29ClFN3O7/c1-19-8-12-22(13-9-19)28(39)42-18-24-26(44-29(40)23-14-10-20(2)11-15-23)32(33,34)30(43-24)37-17-16-25(36-31(37)41)35-27(38)21-6-4-3-5-7-21/h3-17,24-26,30H,18H2,1-2H3,(H,35,38)(H,36,41). The van der Waals surface area contributed by atoms with Gasteiger partial charge in [0.2, 0.25) is 0 Å². The van der Waals surface area contributed by atoms with Gasteiger partial charge in [0.05, 0.1) is 11.1 Å². The molecule has 5 atom stereocenters. The molecular formula is C32H29ClFN3O7. The van der Waals surface area contributed by atoms with Crippen molar-refractivity contribution in [1.82, 2.24) is 15.5 Å². The average molecular weight is 622 g/mol. The van der Waals surface area contributed by atoms with Crippen LogP contribution in [-0.2, 0) is 14.2 Å². The van der Waals surface area contributed by atoms with E-state index in [0.717, 1.165) is 16.0 Å². The number of benzene rings is 3. The first-order valence-electron chi connectivity index (χ1n) is 13.7. The van der Waals surface area contributed by atoms with Gasteiger partial charge >= 0.3 is 18.0 Å². The van der Waals surface area contributed by atoms with Crippen molar-refractivity contribution >= 4 is 35.5 Å². The van der Waals surface area contributed by atoms with Crippen LogP contribution in [0.5, 0.6) is 0 Å². The number of carbonyl (C=O) groups is 4. The fourth-order valence-corrected chi connectivity index (χ4v) is 4.98. The van der Waals surface area contributed by atoms with Gasteiger partial charge in [0.25, 0.3) is 11.0 Å². The van der Waals surface area contributed by atoms with Crippen molar-refractivity contribution in [2.24, 2.45) is 0 Å². The molecule has 44 heavy (non-hydrogen) atoms. The first kappa shape index (κ1) is 30.7. The molecule has 2 heterocycles. The molecule has 5 rings (SSSR count). The van der Waals surface area contributed by atoms with Crippen LogP contribution in [0.1, 0.15) is 42.2 Å². The van der Waals surface area contributed by atoms with E-state index in [9.17, 15) is 19.2 Å². The van der Waals surface area contributed by atoms with Crippen LogP contribution in [-0.4, -0.2) is 65.1 Å². The Morgan fingerprint density at radius 2 is 1.52 bits per heavy atom. The maximum atomic E-state index is 16.4. The quantitative estimate of drug-likeness (QED) is 0.278. The molecule has 12 heteroatoms.